The molecule has 0 radical (unpaired) electrons. The van der Waals surface area contributed by atoms with Crippen LogP contribution in [0, 0.1) is 0 Å². The van der Waals surface area contributed by atoms with Crippen LogP contribution in [0.5, 0.6) is 5.75 Å². The van der Waals surface area contributed by atoms with Crippen LogP contribution in [-0.2, 0) is 25.1 Å². The van der Waals surface area contributed by atoms with Crippen LogP contribution in [0.2, 0.25) is 5.02 Å². The zero-order valence-corrected chi connectivity index (χ0v) is 20.0. The lowest BCUT2D eigenvalue weighted by atomic mass is 10.3. The van der Waals surface area contributed by atoms with Gasteiger partial charge < -0.3 is 14.2 Å². The standard InChI is InChI=1S/C21H23ClN8O2S/c1-27-12-14(11-25-27)19-26-18-20(28(19)2)23-13-24-21(18)29-6-8-30(9-7-29)33(31)17-10-15(22)4-5-16(17)32-3/h4-5,10-13H,6-9H2,1-3H3. The lowest BCUT2D eigenvalue weighted by molar-refractivity contribution is 0.392. The maximum absolute atomic E-state index is 13.2. The molecule has 12 heteroatoms. The van der Waals surface area contributed by atoms with Gasteiger partial charge in [0, 0.05) is 51.5 Å². The molecule has 1 aliphatic heterocycles. The summed E-state index contributed by atoms with van der Waals surface area (Å²) in [5, 5.41) is 4.78. The summed E-state index contributed by atoms with van der Waals surface area (Å²) in [4.78, 5) is 16.6. The molecule has 3 aromatic heterocycles. The Morgan fingerprint density at radius 1 is 1.12 bits per heavy atom. The number of hydrogen-bond donors (Lipinski definition) is 0. The zero-order chi connectivity index (χ0) is 23.1. The van der Waals surface area contributed by atoms with Gasteiger partial charge in [-0.1, -0.05) is 11.6 Å². The summed E-state index contributed by atoms with van der Waals surface area (Å²) >= 11 is 6.13. The van der Waals surface area contributed by atoms with Gasteiger partial charge in [0.05, 0.1) is 23.8 Å². The number of hydrogen-bond acceptors (Lipinski definition) is 7. The quantitative estimate of drug-likeness (QED) is 0.427. The van der Waals surface area contributed by atoms with Crippen LogP contribution in [0.1, 0.15) is 0 Å². The Balaban J connectivity index is 1.39. The minimum absolute atomic E-state index is 0.528. The Morgan fingerprint density at radius 3 is 2.61 bits per heavy atom. The molecule has 33 heavy (non-hydrogen) atoms. The first-order valence-electron chi connectivity index (χ1n) is 10.4. The van der Waals surface area contributed by atoms with Crippen molar-refractivity contribution in [1.82, 2.24) is 33.6 Å². The van der Waals surface area contributed by atoms with Crippen molar-refractivity contribution in [2.24, 2.45) is 14.1 Å². The van der Waals surface area contributed by atoms with Crippen LogP contribution < -0.4 is 9.64 Å². The molecule has 1 atom stereocenters. The molecule has 1 saturated heterocycles. The third kappa shape index (κ3) is 3.96. The smallest absolute Gasteiger partial charge is 0.165 e. The molecule has 0 N–H and O–H groups in total. The lowest BCUT2D eigenvalue weighted by Crippen LogP contribution is -2.47. The highest BCUT2D eigenvalue weighted by Crippen LogP contribution is 2.30. The molecular formula is C21H23ClN8O2S. The SMILES string of the molecule is COc1ccc(Cl)cc1S(=O)N1CCN(c2ncnc3c2nc(-c2cnn(C)c2)n3C)CC1. The fourth-order valence-electron chi connectivity index (χ4n) is 4.01. The van der Waals surface area contributed by atoms with Crippen LogP contribution >= 0.6 is 11.6 Å². The average molecular weight is 487 g/mol. The highest BCUT2D eigenvalue weighted by Gasteiger charge is 2.27. The van der Waals surface area contributed by atoms with Crippen molar-refractivity contribution in [3.63, 3.8) is 0 Å². The molecule has 1 unspecified atom stereocenters. The number of imidazole rings is 1. The largest absolute Gasteiger partial charge is 0.495 e. The number of methoxy groups -OCH3 is 1. The zero-order valence-electron chi connectivity index (χ0n) is 18.5. The van der Waals surface area contributed by atoms with E-state index < -0.39 is 11.0 Å². The molecule has 5 rings (SSSR count). The molecular weight excluding hydrogens is 464 g/mol. The number of fused-ring (bicyclic) bond motifs is 1. The molecule has 0 saturated carbocycles. The number of halogens is 1. The van der Waals surface area contributed by atoms with Gasteiger partial charge in [-0.05, 0) is 18.2 Å². The Hall–Kier alpha value is -3.02. The van der Waals surface area contributed by atoms with Gasteiger partial charge in [0.2, 0.25) is 0 Å². The van der Waals surface area contributed by atoms with Crippen molar-refractivity contribution < 1.29 is 8.95 Å². The average Bonchev–Trinajstić information content (AvgIpc) is 3.41. The molecule has 1 aromatic carbocycles. The van der Waals surface area contributed by atoms with E-state index in [0.29, 0.717) is 41.8 Å². The highest BCUT2D eigenvalue weighted by atomic mass is 35.5. The van der Waals surface area contributed by atoms with Crippen molar-refractivity contribution in [1.29, 1.82) is 0 Å². The van der Waals surface area contributed by atoms with Crippen LogP contribution in [0.3, 0.4) is 0 Å². The van der Waals surface area contributed by atoms with Gasteiger partial charge in [0.25, 0.3) is 0 Å². The number of rotatable bonds is 5. The first-order valence-corrected chi connectivity index (χ1v) is 11.9. The number of benzene rings is 1. The molecule has 1 fully saturated rings. The van der Waals surface area contributed by atoms with Gasteiger partial charge >= 0.3 is 0 Å². The number of aromatic nitrogens is 6. The molecule has 10 nitrogen and oxygen atoms in total. The third-order valence-corrected chi connectivity index (χ3v) is 7.45. The van der Waals surface area contributed by atoms with E-state index in [1.54, 1.807) is 42.5 Å². The van der Waals surface area contributed by atoms with Crippen molar-refractivity contribution in [2.75, 3.05) is 38.2 Å². The summed E-state index contributed by atoms with van der Waals surface area (Å²) in [5.74, 6) is 2.12. The molecule has 172 valence electrons. The van der Waals surface area contributed by atoms with E-state index in [1.165, 1.54) is 0 Å². The molecule has 0 amide bonds. The van der Waals surface area contributed by atoms with Crippen molar-refractivity contribution >= 4 is 39.6 Å². The molecule has 4 aromatic rings. The summed E-state index contributed by atoms with van der Waals surface area (Å²) in [7, 11) is 4.00. The monoisotopic (exact) mass is 486 g/mol. The third-order valence-electron chi connectivity index (χ3n) is 5.69. The summed E-state index contributed by atoms with van der Waals surface area (Å²) in [5.41, 5.74) is 2.41. The molecule has 1 aliphatic rings. The Kier molecular flexibility index (Phi) is 5.77. The van der Waals surface area contributed by atoms with Crippen molar-refractivity contribution in [2.45, 2.75) is 4.90 Å². The van der Waals surface area contributed by atoms with Gasteiger partial charge in [-0.25, -0.2) is 23.5 Å². The maximum Gasteiger partial charge on any atom is 0.165 e. The minimum atomic E-state index is -1.38. The number of aryl methyl sites for hydroxylation is 2. The van der Waals surface area contributed by atoms with Crippen LogP contribution in [0.15, 0.2) is 41.8 Å². The predicted molar refractivity (Wildman–Crippen MR) is 127 cm³/mol. The van der Waals surface area contributed by atoms with E-state index in [4.69, 9.17) is 21.3 Å². The second-order valence-corrected chi connectivity index (χ2v) is 9.62. The topological polar surface area (TPSA) is 94.2 Å². The maximum atomic E-state index is 13.2. The van der Waals surface area contributed by atoms with Crippen molar-refractivity contribution in [3.05, 3.63) is 41.9 Å². The summed E-state index contributed by atoms with van der Waals surface area (Å²) < 4.78 is 24.2. The van der Waals surface area contributed by atoms with Gasteiger partial charge in [-0.15, -0.1) is 0 Å². The molecule has 0 spiro atoms. The summed E-state index contributed by atoms with van der Waals surface area (Å²) in [6.07, 6.45) is 5.27. The fraction of sp³-hybridized carbons (Fsp3) is 0.333. The Morgan fingerprint density at radius 2 is 1.91 bits per heavy atom. The lowest BCUT2D eigenvalue weighted by Gasteiger charge is -2.34. The molecule has 0 aliphatic carbocycles. The van der Waals surface area contributed by atoms with Gasteiger partial charge in [-0.2, -0.15) is 5.10 Å². The number of anilines is 1. The molecule has 0 bridgehead atoms. The number of ether oxygens (including phenoxy) is 1. The van der Waals surface area contributed by atoms with Crippen molar-refractivity contribution in [3.8, 4) is 17.1 Å². The van der Waals surface area contributed by atoms with E-state index in [2.05, 4.69) is 20.0 Å². The summed E-state index contributed by atoms with van der Waals surface area (Å²) in [6, 6.07) is 5.17. The van der Waals surface area contributed by atoms with E-state index in [9.17, 15) is 4.21 Å². The van der Waals surface area contributed by atoms with E-state index >= 15 is 0 Å². The first kappa shape index (κ1) is 21.8. The minimum Gasteiger partial charge on any atom is -0.495 e. The van der Waals surface area contributed by atoms with Crippen LogP contribution in [0.25, 0.3) is 22.6 Å². The van der Waals surface area contributed by atoms with E-state index in [-0.39, 0.29) is 0 Å². The van der Waals surface area contributed by atoms with E-state index in [1.807, 2.05) is 29.2 Å². The van der Waals surface area contributed by atoms with Crippen LogP contribution in [0.4, 0.5) is 5.82 Å². The van der Waals surface area contributed by atoms with Gasteiger partial charge in [0.15, 0.2) is 17.0 Å². The second-order valence-electron chi connectivity index (χ2n) is 7.73. The second kappa shape index (κ2) is 8.73. The number of nitrogens with zero attached hydrogens (tertiary/aromatic N) is 8. The van der Waals surface area contributed by atoms with Crippen LogP contribution in [-0.4, -0.2) is 71.1 Å². The molecule has 4 heterocycles. The highest BCUT2D eigenvalue weighted by molar-refractivity contribution is 7.82. The number of piperazine rings is 1. The Labute approximate surface area is 198 Å². The normalized spacial score (nSPS) is 15.8. The van der Waals surface area contributed by atoms with E-state index in [0.717, 1.165) is 28.4 Å². The summed E-state index contributed by atoms with van der Waals surface area (Å²) in [6.45, 7) is 2.49. The fourth-order valence-corrected chi connectivity index (χ4v) is 5.57. The predicted octanol–water partition coefficient (Wildman–Crippen LogP) is 2.27. The Bertz CT molecular complexity index is 1350. The van der Waals surface area contributed by atoms with Gasteiger partial charge in [-0.3, -0.25) is 4.68 Å². The first-order chi connectivity index (χ1) is 16.0. The van der Waals surface area contributed by atoms with Gasteiger partial charge in [0.1, 0.15) is 28.9 Å².